The Morgan fingerprint density at radius 3 is 2.47 bits per heavy atom. The van der Waals surface area contributed by atoms with Crippen LogP contribution in [0, 0.1) is 5.82 Å². The quantitative estimate of drug-likeness (QED) is 0.350. The molecule has 0 spiro atoms. The number of aromatic nitrogens is 2. The van der Waals surface area contributed by atoms with Gasteiger partial charge < -0.3 is 10.1 Å². The van der Waals surface area contributed by atoms with E-state index in [-0.39, 0.29) is 11.7 Å². The Labute approximate surface area is 194 Å². The number of benzene rings is 3. The van der Waals surface area contributed by atoms with Gasteiger partial charge in [-0.15, -0.1) is 0 Å². The van der Waals surface area contributed by atoms with E-state index in [0.29, 0.717) is 40.3 Å². The first-order chi connectivity index (χ1) is 15.5. The van der Waals surface area contributed by atoms with Gasteiger partial charge in [-0.3, -0.25) is 9.48 Å². The maximum absolute atomic E-state index is 12.9. The number of hydrogen-bond donors (Lipinski definition) is 1. The van der Waals surface area contributed by atoms with Gasteiger partial charge in [-0.25, -0.2) is 4.39 Å². The van der Waals surface area contributed by atoms with E-state index in [2.05, 4.69) is 10.4 Å². The molecule has 1 amide bonds. The Balaban J connectivity index is 1.33. The summed E-state index contributed by atoms with van der Waals surface area (Å²) < 4.78 is 20.2. The highest BCUT2D eigenvalue weighted by molar-refractivity contribution is 6.35. The molecule has 5 nitrogen and oxygen atoms in total. The van der Waals surface area contributed by atoms with Crippen molar-refractivity contribution in [1.29, 1.82) is 0 Å². The van der Waals surface area contributed by atoms with Crippen molar-refractivity contribution >= 4 is 34.9 Å². The molecule has 3 aromatic carbocycles. The zero-order valence-corrected chi connectivity index (χ0v) is 18.3. The molecule has 0 aliphatic rings. The molecule has 0 aliphatic heterocycles. The Kier molecular flexibility index (Phi) is 6.73. The molecule has 0 fully saturated rings. The minimum atomic E-state index is -0.314. The number of nitrogens with one attached hydrogen (secondary N) is 1. The number of anilines is 1. The van der Waals surface area contributed by atoms with Crippen molar-refractivity contribution in [2.45, 2.75) is 13.2 Å². The van der Waals surface area contributed by atoms with Crippen LogP contribution in [0.3, 0.4) is 0 Å². The fourth-order valence-corrected chi connectivity index (χ4v) is 3.45. The first-order valence-electron chi connectivity index (χ1n) is 9.72. The minimum Gasteiger partial charge on any atom is -0.489 e. The lowest BCUT2D eigenvalue weighted by Crippen LogP contribution is -2.13. The zero-order chi connectivity index (χ0) is 22.5. The second-order valence-corrected chi connectivity index (χ2v) is 7.87. The van der Waals surface area contributed by atoms with E-state index in [9.17, 15) is 9.18 Å². The second kappa shape index (κ2) is 9.85. The van der Waals surface area contributed by atoms with Gasteiger partial charge in [0.25, 0.3) is 5.91 Å². The molecule has 0 saturated heterocycles. The number of ether oxygens (including phenoxy) is 1. The second-order valence-electron chi connectivity index (χ2n) is 7.03. The fourth-order valence-electron chi connectivity index (χ4n) is 2.98. The molecular formula is C24H18Cl2FN3O2. The average Bonchev–Trinajstić information content (AvgIpc) is 3.22. The summed E-state index contributed by atoms with van der Waals surface area (Å²) in [5, 5.41) is 8.27. The zero-order valence-electron chi connectivity index (χ0n) is 16.8. The molecule has 1 N–H and O–H groups in total. The van der Waals surface area contributed by atoms with Gasteiger partial charge in [-0.1, -0.05) is 41.4 Å². The maximum Gasteiger partial charge on any atom is 0.256 e. The topological polar surface area (TPSA) is 56.2 Å². The normalized spacial score (nSPS) is 10.7. The molecule has 1 aromatic heterocycles. The lowest BCUT2D eigenvalue weighted by Gasteiger charge is -2.07. The molecule has 162 valence electrons. The predicted octanol–water partition coefficient (Wildman–Crippen LogP) is 6.21. The van der Waals surface area contributed by atoms with Gasteiger partial charge in [0.2, 0.25) is 0 Å². The van der Waals surface area contributed by atoms with Crippen LogP contribution < -0.4 is 10.1 Å². The molecule has 4 rings (SSSR count). The number of carbonyl (C=O) groups is 1. The number of hydrogen-bond acceptors (Lipinski definition) is 3. The van der Waals surface area contributed by atoms with Crippen molar-refractivity contribution in [2.75, 3.05) is 5.32 Å². The molecule has 0 bridgehead atoms. The number of rotatable bonds is 7. The first kappa shape index (κ1) is 21.9. The van der Waals surface area contributed by atoms with E-state index < -0.39 is 0 Å². The van der Waals surface area contributed by atoms with Crippen molar-refractivity contribution in [1.82, 2.24) is 9.78 Å². The van der Waals surface area contributed by atoms with Crippen LogP contribution in [0.2, 0.25) is 10.0 Å². The standard InChI is InChI=1S/C24H18Cl2FN3O2/c25-19-6-5-18(22(26)13-19)14-30-12-11-23(29-30)28-24(31)17-3-1-16(2-4-17)15-32-21-9-7-20(27)8-10-21/h1-13H,14-15H2,(H,28,29,31). The van der Waals surface area contributed by atoms with Crippen molar-refractivity contribution in [3.63, 3.8) is 0 Å². The van der Waals surface area contributed by atoms with E-state index in [0.717, 1.165) is 11.1 Å². The molecule has 0 aliphatic carbocycles. The van der Waals surface area contributed by atoms with Gasteiger partial charge in [-0.2, -0.15) is 5.10 Å². The fraction of sp³-hybridized carbons (Fsp3) is 0.0833. The third-order valence-corrected chi connectivity index (χ3v) is 5.25. The van der Waals surface area contributed by atoms with Gasteiger partial charge in [-0.05, 0) is 59.7 Å². The van der Waals surface area contributed by atoms with Gasteiger partial charge >= 0.3 is 0 Å². The summed E-state index contributed by atoms with van der Waals surface area (Å²) in [5.41, 5.74) is 2.25. The lowest BCUT2D eigenvalue weighted by atomic mass is 10.1. The van der Waals surface area contributed by atoms with Crippen LogP contribution in [0.25, 0.3) is 0 Å². The highest BCUT2D eigenvalue weighted by atomic mass is 35.5. The van der Waals surface area contributed by atoms with E-state index in [1.54, 1.807) is 65.5 Å². The van der Waals surface area contributed by atoms with E-state index in [4.69, 9.17) is 27.9 Å². The average molecular weight is 470 g/mol. The molecule has 0 unspecified atom stereocenters. The van der Waals surface area contributed by atoms with Crippen LogP contribution in [-0.2, 0) is 13.2 Å². The molecule has 0 radical (unpaired) electrons. The molecular weight excluding hydrogens is 452 g/mol. The van der Waals surface area contributed by atoms with Gasteiger partial charge in [0.15, 0.2) is 5.82 Å². The monoisotopic (exact) mass is 469 g/mol. The van der Waals surface area contributed by atoms with Crippen molar-refractivity contribution < 1.29 is 13.9 Å². The predicted molar refractivity (Wildman–Crippen MR) is 123 cm³/mol. The SMILES string of the molecule is O=C(Nc1ccn(Cc2ccc(Cl)cc2Cl)n1)c1ccc(COc2ccc(F)cc2)cc1. The van der Waals surface area contributed by atoms with Crippen molar-refractivity contribution in [3.8, 4) is 5.75 Å². The summed E-state index contributed by atoms with van der Waals surface area (Å²) in [6.45, 7) is 0.764. The highest BCUT2D eigenvalue weighted by Crippen LogP contribution is 2.22. The van der Waals surface area contributed by atoms with E-state index in [1.165, 1.54) is 12.1 Å². The summed E-state index contributed by atoms with van der Waals surface area (Å²) in [6.07, 6.45) is 1.76. The minimum absolute atomic E-state index is 0.272. The largest absolute Gasteiger partial charge is 0.489 e. The van der Waals surface area contributed by atoms with Gasteiger partial charge in [0.1, 0.15) is 18.2 Å². The maximum atomic E-state index is 12.9. The van der Waals surface area contributed by atoms with Crippen LogP contribution >= 0.6 is 23.2 Å². The smallest absolute Gasteiger partial charge is 0.256 e. The van der Waals surface area contributed by atoms with E-state index >= 15 is 0 Å². The van der Waals surface area contributed by atoms with Crippen LogP contribution in [0.4, 0.5) is 10.2 Å². The molecule has 4 aromatic rings. The Morgan fingerprint density at radius 1 is 1.00 bits per heavy atom. The van der Waals surface area contributed by atoms with Crippen LogP contribution in [0.5, 0.6) is 5.75 Å². The summed E-state index contributed by atoms with van der Waals surface area (Å²) in [4.78, 5) is 12.5. The number of halogens is 3. The summed E-state index contributed by atoms with van der Waals surface area (Å²) in [6, 6.07) is 19.9. The summed E-state index contributed by atoms with van der Waals surface area (Å²) >= 11 is 12.1. The summed E-state index contributed by atoms with van der Waals surface area (Å²) in [7, 11) is 0. The highest BCUT2D eigenvalue weighted by Gasteiger charge is 2.10. The molecule has 8 heteroatoms. The molecule has 1 heterocycles. The Bertz CT molecular complexity index is 1220. The Morgan fingerprint density at radius 2 is 1.75 bits per heavy atom. The van der Waals surface area contributed by atoms with Gasteiger partial charge in [0.05, 0.1) is 6.54 Å². The number of nitrogens with zero attached hydrogens (tertiary/aromatic N) is 2. The number of carbonyl (C=O) groups excluding carboxylic acids is 1. The van der Waals surface area contributed by atoms with Crippen LogP contribution in [-0.4, -0.2) is 15.7 Å². The Hall–Kier alpha value is -3.35. The molecule has 0 atom stereocenters. The lowest BCUT2D eigenvalue weighted by molar-refractivity contribution is 0.102. The molecule has 32 heavy (non-hydrogen) atoms. The van der Waals surface area contributed by atoms with Crippen molar-refractivity contribution in [3.05, 3.63) is 112 Å². The number of amides is 1. The van der Waals surface area contributed by atoms with Crippen LogP contribution in [0.15, 0.2) is 79.0 Å². The third-order valence-electron chi connectivity index (χ3n) is 4.66. The summed E-state index contributed by atoms with van der Waals surface area (Å²) in [5.74, 6) is 0.421. The first-order valence-corrected chi connectivity index (χ1v) is 10.5. The van der Waals surface area contributed by atoms with Gasteiger partial charge in [0, 0.05) is 27.9 Å². The molecule has 0 saturated carbocycles. The van der Waals surface area contributed by atoms with Crippen molar-refractivity contribution in [2.24, 2.45) is 0 Å². The third kappa shape index (κ3) is 5.66. The van der Waals surface area contributed by atoms with E-state index in [1.807, 2.05) is 6.07 Å². The van der Waals surface area contributed by atoms with Crippen LogP contribution in [0.1, 0.15) is 21.5 Å².